The Labute approximate surface area is 108 Å². The van der Waals surface area contributed by atoms with Crippen LogP contribution in [0.3, 0.4) is 0 Å². The number of amides is 1. The molecule has 17 heavy (non-hydrogen) atoms. The SMILES string of the molecule is NCC1CCCN(C(=O)CC2CCSCC2)C1. The summed E-state index contributed by atoms with van der Waals surface area (Å²) in [5.74, 6) is 4.03. The van der Waals surface area contributed by atoms with Gasteiger partial charge in [0.2, 0.25) is 5.91 Å². The topological polar surface area (TPSA) is 46.3 Å². The third-order valence-electron chi connectivity index (χ3n) is 4.01. The molecule has 1 unspecified atom stereocenters. The normalized spacial score (nSPS) is 27.1. The molecule has 3 nitrogen and oxygen atoms in total. The molecule has 4 heteroatoms. The predicted molar refractivity (Wildman–Crippen MR) is 73.0 cm³/mol. The van der Waals surface area contributed by atoms with Gasteiger partial charge in [0.15, 0.2) is 0 Å². The molecule has 0 bridgehead atoms. The summed E-state index contributed by atoms with van der Waals surface area (Å²) in [5.41, 5.74) is 5.71. The van der Waals surface area contributed by atoms with E-state index < -0.39 is 0 Å². The van der Waals surface area contributed by atoms with Crippen LogP contribution in [0.15, 0.2) is 0 Å². The van der Waals surface area contributed by atoms with Gasteiger partial charge in [-0.25, -0.2) is 0 Å². The van der Waals surface area contributed by atoms with E-state index in [2.05, 4.69) is 4.90 Å². The number of carbonyl (C=O) groups is 1. The minimum Gasteiger partial charge on any atom is -0.342 e. The molecular weight excluding hydrogens is 232 g/mol. The maximum absolute atomic E-state index is 12.2. The lowest BCUT2D eigenvalue weighted by Gasteiger charge is -2.33. The van der Waals surface area contributed by atoms with Gasteiger partial charge in [-0.15, -0.1) is 0 Å². The summed E-state index contributed by atoms with van der Waals surface area (Å²) in [6, 6.07) is 0. The molecule has 2 saturated heterocycles. The van der Waals surface area contributed by atoms with E-state index in [-0.39, 0.29) is 0 Å². The van der Waals surface area contributed by atoms with Gasteiger partial charge in [0.05, 0.1) is 0 Å². The molecule has 2 N–H and O–H groups in total. The number of carbonyl (C=O) groups excluding carboxylic acids is 1. The highest BCUT2D eigenvalue weighted by Crippen LogP contribution is 2.26. The Morgan fingerprint density at radius 3 is 2.71 bits per heavy atom. The van der Waals surface area contributed by atoms with Gasteiger partial charge in [-0.2, -0.15) is 11.8 Å². The van der Waals surface area contributed by atoms with Gasteiger partial charge < -0.3 is 10.6 Å². The van der Waals surface area contributed by atoms with Crippen molar-refractivity contribution in [1.82, 2.24) is 4.90 Å². The number of nitrogens with zero attached hydrogens (tertiary/aromatic N) is 1. The maximum Gasteiger partial charge on any atom is 0.222 e. The molecule has 2 rings (SSSR count). The standard InChI is InChI=1S/C13H24N2OS/c14-9-12-2-1-5-15(10-12)13(16)8-11-3-6-17-7-4-11/h11-12H,1-10,14H2. The number of hydrogen-bond acceptors (Lipinski definition) is 3. The molecule has 0 aromatic rings. The molecule has 1 amide bonds. The van der Waals surface area contributed by atoms with E-state index >= 15 is 0 Å². The Kier molecular flexibility index (Phi) is 5.16. The van der Waals surface area contributed by atoms with E-state index in [4.69, 9.17) is 5.73 Å². The van der Waals surface area contributed by atoms with Gasteiger partial charge in [0.25, 0.3) is 0 Å². The quantitative estimate of drug-likeness (QED) is 0.836. The number of thioether (sulfide) groups is 1. The van der Waals surface area contributed by atoms with E-state index in [0.717, 1.165) is 32.5 Å². The summed E-state index contributed by atoms with van der Waals surface area (Å²) in [6.07, 6.45) is 5.56. The molecule has 2 fully saturated rings. The van der Waals surface area contributed by atoms with Gasteiger partial charge in [0, 0.05) is 19.5 Å². The first-order valence-electron chi connectivity index (χ1n) is 6.85. The van der Waals surface area contributed by atoms with Crippen molar-refractivity contribution in [3.63, 3.8) is 0 Å². The van der Waals surface area contributed by atoms with Crippen molar-refractivity contribution < 1.29 is 4.79 Å². The van der Waals surface area contributed by atoms with Crippen LogP contribution >= 0.6 is 11.8 Å². The third kappa shape index (κ3) is 3.88. The van der Waals surface area contributed by atoms with Gasteiger partial charge in [-0.3, -0.25) is 4.79 Å². The summed E-state index contributed by atoms with van der Waals surface area (Å²) in [4.78, 5) is 14.3. The molecule has 0 aromatic carbocycles. The Morgan fingerprint density at radius 1 is 1.24 bits per heavy atom. The van der Waals surface area contributed by atoms with E-state index in [0.29, 0.717) is 17.7 Å². The highest BCUT2D eigenvalue weighted by Gasteiger charge is 2.25. The minimum atomic E-state index is 0.375. The first-order valence-corrected chi connectivity index (χ1v) is 8.00. The fourth-order valence-electron chi connectivity index (χ4n) is 2.81. The van der Waals surface area contributed by atoms with Gasteiger partial charge >= 0.3 is 0 Å². The van der Waals surface area contributed by atoms with Crippen molar-refractivity contribution in [2.24, 2.45) is 17.6 Å². The number of nitrogens with two attached hydrogens (primary N) is 1. The minimum absolute atomic E-state index is 0.375. The second-order valence-corrected chi connectivity index (χ2v) is 6.57. The van der Waals surface area contributed by atoms with Crippen molar-refractivity contribution in [2.45, 2.75) is 32.1 Å². The summed E-state index contributed by atoms with van der Waals surface area (Å²) < 4.78 is 0. The maximum atomic E-state index is 12.2. The number of piperidine rings is 1. The van der Waals surface area contributed by atoms with E-state index in [1.807, 2.05) is 11.8 Å². The summed E-state index contributed by atoms with van der Waals surface area (Å²) in [5, 5.41) is 0. The van der Waals surface area contributed by atoms with Crippen LogP contribution in [-0.4, -0.2) is 41.9 Å². The molecular formula is C13H24N2OS. The van der Waals surface area contributed by atoms with Crippen LogP contribution in [0.5, 0.6) is 0 Å². The molecule has 0 aromatic heterocycles. The zero-order valence-corrected chi connectivity index (χ0v) is 11.4. The zero-order chi connectivity index (χ0) is 12.1. The van der Waals surface area contributed by atoms with Crippen LogP contribution in [0, 0.1) is 11.8 Å². The molecule has 1 atom stereocenters. The lowest BCUT2D eigenvalue weighted by Crippen LogP contribution is -2.42. The highest BCUT2D eigenvalue weighted by molar-refractivity contribution is 7.99. The fraction of sp³-hybridized carbons (Fsp3) is 0.923. The van der Waals surface area contributed by atoms with Gasteiger partial charge in [0.1, 0.15) is 0 Å². The van der Waals surface area contributed by atoms with Crippen molar-refractivity contribution >= 4 is 17.7 Å². The van der Waals surface area contributed by atoms with E-state index in [1.54, 1.807) is 0 Å². The lowest BCUT2D eigenvalue weighted by atomic mass is 9.95. The third-order valence-corrected chi connectivity index (χ3v) is 5.06. The molecule has 0 aliphatic carbocycles. The van der Waals surface area contributed by atoms with Crippen LogP contribution in [0.25, 0.3) is 0 Å². The van der Waals surface area contributed by atoms with Gasteiger partial charge in [-0.05, 0) is 55.6 Å². The Bertz CT molecular complexity index is 254. The average Bonchev–Trinajstić information content (AvgIpc) is 2.40. The van der Waals surface area contributed by atoms with Crippen molar-refractivity contribution in [3.8, 4) is 0 Å². The van der Waals surface area contributed by atoms with Gasteiger partial charge in [-0.1, -0.05) is 0 Å². The predicted octanol–water partition coefficient (Wildman–Crippen LogP) is 1.72. The zero-order valence-electron chi connectivity index (χ0n) is 10.6. The van der Waals surface area contributed by atoms with Crippen LogP contribution < -0.4 is 5.73 Å². The number of likely N-dealkylation sites (tertiary alicyclic amines) is 1. The Hall–Kier alpha value is -0.220. The van der Waals surface area contributed by atoms with Crippen LogP contribution in [0.4, 0.5) is 0 Å². The second-order valence-electron chi connectivity index (χ2n) is 5.34. The molecule has 2 heterocycles. The van der Waals surface area contributed by atoms with E-state index in [9.17, 15) is 4.79 Å². The summed E-state index contributed by atoms with van der Waals surface area (Å²) in [7, 11) is 0. The molecule has 98 valence electrons. The molecule has 0 saturated carbocycles. The Balaban J connectivity index is 1.78. The fourth-order valence-corrected chi connectivity index (χ4v) is 4.01. The average molecular weight is 256 g/mol. The summed E-state index contributed by atoms with van der Waals surface area (Å²) >= 11 is 2.02. The lowest BCUT2D eigenvalue weighted by molar-refractivity contribution is -0.134. The van der Waals surface area contributed by atoms with Crippen LogP contribution in [-0.2, 0) is 4.79 Å². The van der Waals surface area contributed by atoms with Crippen LogP contribution in [0.1, 0.15) is 32.1 Å². The largest absolute Gasteiger partial charge is 0.342 e. The molecule has 2 aliphatic rings. The van der Waals surface area contributed by atoms with Crippen molar-refractivity contribution in [2.75, 3.05) is 31.1 Å². The molecule has 2 aliphatic heterocycles. The molecule has 0 spiro atoms. The van der Waals surface area contributed by atoms with Crippen LogP contribution in [0.2, 0.25) is 0 Å². The summed E-state index contributed by atoms with van der Waals surface area (Å²) in [6.45, 7) is 2.58. The number of rotatable bonds is 3. The van der Waals surface area contributed by atoms with Crippen molar-refractivity contribution in [1.29, 1.82) is 0 Å². The van der Waals surface area contributed by atoms with E-state index in [1.165, 1.54) is 30.8 Å². The number of hydrogen-bond donors (Lipinski definition) is 1. The first kappa shape index (κ1) is 13.2. The molecule has 0 radical (unpaired) electrons. The second kappa shape index (κ2) is 6.64. The Morgan fingerprint density at radius 2 is 2.00 bits per heavy atom. The monoisotopic (exact) mass is 256 g/mol. The highest BCUT2D eigenvalue weighted by atomic mass is 32.2. The smallest absolute Gasteiger partial charge is 0.222 e. The van der Waals surface area contributed by atoms with Crippen molar-refractivity contribution in [3.05, 3.63) is 0 Å². The first-order chi connectivity index (χ1) is 8.29.